The number of hydrogen-bond donors (Lipinski definition) is 2. The lowest BCUT2D eigenvalue weighted by Gasteiger charge is -2.45. The molecule has 3 N–H and O–H groups in total. The predicted molar refractivity (Wildman–Crippen MR) is 77.3 cm³/mol. The van der Waals surface area contributed by atoms with E-state index in [1.54, 1.807) is 25.4 Å². The monoisotopic (exact) mass is 294 g/mol. The maximum Gasteiger partial charge on any atom is 0.303 e. The quantitative estimate of drug-likeness (QED) is 0.822. The Bertz CT molecular complexity index is 518. The van der Waals surface area contributed by atoms with Crippen LogP contribution in [0.15, 0.2) is 18.5 Å². The highest BCUT2D eigenvalue weighted by Gasteiger charge is 2.48. The van der Waals surface area contributed by atoms with Crippen molar-refractivity contribution in [3.8, 4) is 0 Å². The van der Waals surface area contributed by atoms with Gasteiger partial charge in [0.15, 0.2) is 0 Å². The summed E-state index contributed by atoms with van der Waals surface area (Å²) in [4.78, 5) is 15.3. The van der Waals surface area contributed by atoms with Crippen molar-refractivity contribution in [3.63, 3.8) is 0 Å². The van der Waals surface area contributed by atoms with Crippen molar-refractivity contribution in [2.75, 3.05) is 5.73 Å². The Kier molecular flexibility index (Phi) is 4.49. The van der Waals surface area contributed by atoms with E-state index < -0.39 is 23.8 Å². The van der Waals surface area contributed by atoms with Gasteiger partial charge in [-0.05, 0) is 19.4 Å². The molecule has 0 bridgehead atoms. The first-order chi connectivity index (χ1) is 9.86. The van der Waals surface area contributed by atoms with E-state index in [9.17, 15) is 9.90 Å². The minimum absolute atomic E-state index is 0.331. The van der Waals surface area contributed by atoms with Gasteiger partial charge < -0.3 is 20.3 Å². The summed E-state index contributed by atoms with van der Waals surface area (Å²) in [5.74, 6) is -0.418. The molecule has 6 heteroatoms. The standard InChI is InChI=1S/C15H22N2O4/c1-4-13-15(3,19)14(20-9(2)18)7-12(21-13)10-5-6-17-8-11(10)16/h5-6,8,12-14,19H,4,7,16H2,1-3H3/t12-,13-,14-,15-/m0/s1. The lowest BCUT2D eigenvalue weighted by Crippen LogP contribution is -2.56. The molecule has 4 atom stereocenters. The molecule has 2 rings (SSSR count). The Labute approximate surface area is 124 Å². The van der Waals surface area contributed by atoms with Crippen LogP contribution in [0.4, 0.5) is 5.69 Å². The predicted octanol–water partition coefficient (Wildman–Crippen LogP) is 1.59. The lowest BCUT2D eigenvalue weighted by molar-refractivity contribution is -0.232. The zero-order valence-electron chi connectivity index (χ0n) is 12.6. The molecular weight excluding hydrogens is 272 g/mol. The second-order valence-electron chi connectivity index (χ2n) is 5.59. The van der Waals surface area contributed by atoms with Crippen LogP contribution in [0.1, 0.15) is 45.3 Å². The Hall–Kier alpha value is -1.66. The van der Waals surface area contributed by atoms with E-state index in [-0.39, 0.29) is 6.10 Å². The number of carbonyl (C=O) groups is 1. The highest BCUT2D eigenvalue weighted by Crippen LogP contribution is 2.41. The fraction of sp³-hybridized carbons (Fsp3) is 0.600. The molecule has 1 aromatic heterocycles. The van der Waals surface area contributed by atoms with E-state index in [1.165, 1.54) is 6.92 Å². The summed E-state index contributed by atoms with van der Waals surface area (Å²) in [6.45, 7) is 4.89. The van der Waals surface area contributed by atoms with E-state index in [4.69, 9.17) is 15.2 Å². The topological polar surface area (TPSA) is 94.7 Å². The number of aromatic nitrogens is 1. The van der Waals surface area contributed by atoms with Crippen LogP contribution in [0.3, 0.4) is 0 Å². The largest absolute Gasteiger partial charge is 0.459 e. The SMILES string of the molecule is CC[C@@H]1O[C@H](c2ccncc2N)C[C@H](OC(C)=O)[C@@]1(C)O. The summed E-state index contributed by atoms with van der Waals surface area (Å²) in [5, 5.41) is 10.6. The first-order valence-corrected chi connectivity index (χ1v) is 7.10. The molecule has 1 aromatic rings. The maximum atomic E-state index is 11.3. The van der Waals surface area contributed by atoms with E-state index in [0.717, 1.165) is 5.56 Å². The molecule has 1 aliphatic rings. The van der Waals surface area contributed by atoms with Crippen molar-refractivity contribution in [2.24, 2.45) is 0 Å². The van der Waals surface area contributed by atoms with Crippen molar-refractivity contribution < 1.29 is 19.4 Å². The fourth-order valence-corrected chi connectivity index (χ4v) is 2.82. The number of nitrogen functional groups attached to an aromatic ring is 1. The number of ether oxygens (including phenoxy) is 2. The average molecular weight is 294 g/mol. The maximum absolute atomic E-state index is 11.3. The number of rotatable bonds is 3. The number of anilines is 1. The van der Waals surface area contributed by atoms with Crippen LogP contribution in [0.2, 0.25) is 0 Å². The molecule has 6 nitrogen and oxygen atoms in total. The normalized spacial score (nSPS) is 32.7. The third kappa shape index (κ3) is 3.16. The summed E-state index contributed by atoms with van der Waals surface area (Å²) in [6, 6.07) is 1.79. The molecule has 116 valence electrons. The fourth-order valence-electron chi connectivity index (χ4n) is 2.82. The molecule has 1 saturated heterocycles. The smallest absolute Gasteiger partial charge is 0.303 e. The number of esters is 1. The Balaban J connectivity index is 2.30. The minimum Gasteiger partial charge on any atom is -0.459 e. The van der Waals surface area contributed by atoms with Crippen molar-refractivity contribution in [1.82, 2.24) is 4.98 Å². The van der Waals surface area contributed by atoms with Crippen LogP contribution >= 0.6 is 0 Å². The average Bonchev–Trinajstić information content (AvgIpc) is 2.41. The van der Waals surface area contributed by atoms with Crippen LogP contribution in [-0.2, 0) is 14.3 Å². The number of aliphatic hydroxyl groups is 1. The van der Waals surface area contributed by atoms with Gasteiger partial charge >= 0.3 is 5.97 Å². The second kappa shape index (κ2) is 5.99. The van der Waals surface area contributed by atoms with Crippen molar-refractivity contribution in [3.05, 3.63) is 24.0 Å². The van der Waals surface area contributed by atoms with Gasteiger partial charge in [0.25, 0.3) is 0 Å². The molecule has 0 unspecified atom stereocenters. The van der Waals surface area contributed by atoms with Crippen LogP contribution in [-0.4, -0.2) is 33.9 Å². The van der Waals surface area contributed by atoms with E-state index in [1.807, 2.05) is 6.92 Å². The second-order valence-corrected chi connectivity index (χ2v) is 5.59. The molecular formula is C15H22N2O4. The summed E-state index contributed by atoms with van der Waals surface area (Å²) in [7, 11) is 0. The molecule has 0 spiro atoms. The van der Waals surface area contributed by atoms with Gasteiger partial charge in [-0.25, -0.2) is 0 Å². The number of pyridine rings is 1. The molecule has 0 aromatic carbocycles. The third-order valence-electron chi connectivity index (χ3n) is 3.97. The summed E-state index contributed by atoms with van der Waals surface area (Å²) < 4.78 is 11.3. The zero-order valence-corrected chi connectivity index (χ0v) is 12.6. The lowest BCUT2D eigenvalue weighted by atomic mass is 9.82. The van der Waals surface area contributed by atoms with Gasteiger partial charge in [0.05, 0.1) is 24.1 Å². The van der Waals surface area contributed by atoms with Crippen LogP contribution < -0.4 is 5.73 Å². The van der Waals surface area contributed by atoms with E-state index in [2.05, 4.69) is 4.98 Å². The highest BCUT2D eigenvalue weighted by molar-refractivity contribution is 5.66. The molecule has 0 radical (unpaired) electrons. The summed E-state index contributed by atoms with van der Waals surface area (Å²) in [6.07, 6.45) is 2.77. The molecule has 0 saturated carbocycles. The summed E-state index contributed by atoms with van der Waals surface area (Å²) >= 11 is 0. The van der Waals surface area contributed by atoms with E-state index in [0.29, 0.717) is 18.5 Å². The van der Waals surface area contributed by atoms with Crippen LogP contribution in [0.25, 0.3) is 0 Å². The van der Waals surface area contributed by atoms with Gasteiger partial charge in [-0.3, -0.25) is 9.78 Å². The van der Waals surface area contributed by atoms with Crippen LogP contribution in [0, 0.1) is 0 Å². The molecule has 0 aliphatic carbocycles. The number of hydrogen-bond acceptors (Lipinski definition) is 6. The van der Waals surface area contributed by atoms with E-state index >= 15 is 0 Å². The molecule has 1 fully saturated rings. The van der Waals surface area contributed by atoms with Gasteiger partial charge in [0.1, 0.15) is 11.7 Å². The molecule has 0 amide bonds. The van der Waals surface area contributed by atoms with Crippen molar-refractivity contribution >= 4 is 11.7 Å². The zero-order chi connectivity index (χ0) is 15.6. The highest BCUT2D eigenvalue weighted by atomic mass is 16.6. The molecule has 2 heterocycles. The van der Waals surface area contributed by atoms with Gasteiger partial charge in [-0.2, -0.15) is 0 Å². The minimum atomic E-state index is -1.22. The van der Waals surface area contributed by atoms with Crippen molar-refractivity contribution in [2.45, 2.75) is 57.5 Å². The van der Waals surface area contributed by atoms with Gasteiger partial charge in [-0.1, -0.05) is 6.92 Å². The third-order valence-corrected chi connectivity index (χ3v) is 3.97. The van der Waals surface area contributed by atoms with Crippen molar-refractivity contribution in [1.29, 1.82) is 0 Å². The first-order valence-electron chi connectivity index (χ1n) is 7.10. The Morgan fingerprint density at radius 2 is 2.38 bits per heavy atom. The molecule has 1 aliphatic heterocycles. The number of nitrogens with zero attached hydrogens (tertiary/aromatic N) is 1. The summed E-state index contributed by atoms with van der Waals surface area (Å²) in [5.41, 5.74) is 6.05. The van der Waals surface area contributed by atoms with Crippen LogP contribution in [0.5, 0.6) is 0 Å². The molecule has 21 heavy (non-hydrogen) atoms. The van der Waals surface area contributed by atoms with Gasteiger partial charge in [0.2, 0.25) is 0 Å². The van der Waals surface area contributed by atoms with Gasteiger partial charge in [0, 0.05) is 25.1 Å². The Morgan fingerprint density at radius 1 is 1.67 bits per heavy atom. The number of carbonyl (C=O) groups excluding carboxylic acids is 1. The van der Waals surface area contributed by atoms with Gasteiger partial charge in [-0.15, -0.1) is 0 Å². The first kappa shape index (κ1) is 15.7. The number of nitrogens with two attached hydrogens (primary N) is 1. The Morgan fingerprint density at radius 3 is 2.95 bits per heavy atom.